The van der Waals surface area contributed by atoms with Crippen molar-refractivity contribution in [3.63, 3.8) is 0 Å². The van der Waals surface area contributed by atoms with Crippen molar-refractivity contribution >= 4 is 5.90 Å². The summed E-state index contributed by atoms with van der Waals surface area (Å²) in [5, 5.41) is 0. The van der Waals surface area contributed by atoms with Gasteiger partial charge in [-0.3, -0.25) is 4.99 Å². The molecule has 0 bridgehead atoms. The fourth-order valence-corrected chi connectivity index (χ4v) is 1.21. The number of hydrogen-bond donors (Lipinski definition) is 0. The summed E-state index contributed by atoms with van der Waals surface area (Å²) in [6, 6.07) is 0.453. The molecule has 9 heavy (non-hydrogen) atoms. The maximum Gasteiger partial charge on any atom is 0.180 e. The van der Waals surface area contributed by atoms with Crippen LogP contribution in [0.15, 0.2) is 4.99 Å². The van der Waals surface area contributed by atoms with Gasteiger partial charge >= 0.3 is 0 Å². The molecule has 1 heterocycles. The second-order valence-electron chi connectivity index (χ2n) is 2.66. The minimum atomic E-state index is 0.359. The van der Waals surface area contributed by atoms with Crippen LogP contribution in [0.5, 0.6) is 0 Å². The molecule has 0 spiro atoms. The van der Waals surface area contributed by atoms with Crippen molar-refractivity contribution < 1.29 is 4.74 Å². The number of hydrogen-bond acceptors (Lipinski definition) is 2. The van der Waals surface area contributed by atoms with E-state index in [1.807, 2.05) is 6.92 Å². The predicted octanol–water partition coefficient (Wildman–Crippen LogP) is 1.60. The van der Waals surface area contributed by atoms with Crippen LogP contribution in [-0.4, -0.2) is 18.0 Å². The van der Waals surface area contributed by atoms with Crippen LogP contribution in [0.2, 0.25) is 0 Å². The van der Waals surface area contributed by atoms with Crippen molar-refractivity contribution in [2.45, 2.75) is 39.3 Å². The highest BCUT2D eigenvalue weighted by Gasteiger charge is 2.14. The summed E-state index contributed by atoms with van der Waals surface area (Å²) in [5.41, 5.74) is 0. The van der Waals surface area contributed by atoms with Crippen molar-refractivity contribution in [1.29, 1.82) is 0 Å². The van der Waals surface area contributed by atoms with Gasteiger partial charge in [0.25, 0.3) is 0 Å². The average molecular weight is 127 g/mol. The molecule has 0 saturated heterocycles. The first-order chi connectivity index (χ1) is 4.18. The molecular weight excluding hydrogens is 114 g/mol. The lowest BCUT2D eigenvalue weighted by molar-refractivity contribution is 0.169. The van der Waals surface area contributed by atoms with Crippen LogP contribution < -0.4 is 0 Å². The van der Waals surface area contributed by atoms with E-state index in [4.69, 9.17) is 4.74 Å². The third kappa shape index (κ3) is 1.70. The van der Waals surface area contributed by atoms with E-state index in [0.29, 0.717) is 12.1 Å². The Morgan fingerprint density at radius 2 is 2.22 bits per heavy atom. The van der Waals surface area contributed by atoms with E-state index in [-0.39, 0.29) is 0 Å². The van der Waals surface area contributed by atoms with E-state index in [1.54, 1.807) is 0 Å². The maximum absolute atomic E-state index is 5.31. The van der Waals surface area contributed by atoms with Gasteiger partial charge in [0.2, 0.25) is 0 Å². The summed E-state index contributed by atoms with van der Waals surface area (Å²) in [6.07, 6.45) is 1.41. The fourth-order valence-electron chi connectivity index (χ4n) is 1.21. The van der Waals surface area contributed by atoms with Gasteiger partial charge in [-0.1, -0.05) is 0 Å². The van der Waals surface area contributed by atoms with Gasteiger partial charge in [0.05, 0.1) is 12.1 Å². The monoisotopic (exact) mass is 127 g/mol. The Kier molecular flexibility index (Phi) is 1.74. The summed E-state index contributed by atoms with van der Waals surface area (Å²) in [5.74, 6) is 0.834. The molecule has 0 radical (unpaired) electrons. The summed E-state index contributed by atoms with van der Waals surface area (Å²) >= 11 is 0. The van der Waals surface area contributed by atoms with E-state index in [0.717, 1.165) is 12.3 Å². The summed E-state index contributed by atoms with van der Waals surface area (Å²) < 4.78 is 5.31. The minimum absolute atomic E-state index is 0.359. The highest BCUT2D eigenvalue weighted by Crippen LogP contribution is 2.11. The van der Waals surface area contributed by atoms with E-state index < -0.39 is 0 Å². The standard InChI is InChI=1S/C7H13NO/c1-5-4-6(2)9-7(3)8-5/h5-6H,4H2,1-3H3. The summed E-state index contributed by atoms with van der Waals surface area (Å²) in [4.78, 5) is 4.23. The Morgan fingerprint density at radius 3 is 2.67 bits per heavy atom. The molecule has 2 atom stereocenters. The number of rotatable bonds is 0. The highest BCUT2D eigenvalue weighted by molar-refractivity contribution is 5.74. The van der Waals surface area contributed by atoms with Crippen LogP contribution in [0, 0.1) is 0 Å². The normalized spacial score (nSPS) is 35.2. The molecule has 0 N–H and O–H groups in total. The number of aliphatic imine (C=N–C) groups is 1. The lowest BCUT2D eigenvalue weighted by Crippen LogP contribution is -2.24. The molecule has 0 aromatic carbocycles. The number of nitrogens with zero attached hydrogens (tertiary/aromatic N) is 1. The van der Waals surface area contributed by atoms with E-state index >= 15 is 0 Å². The molecule has 0 aromatic heterocycles. The minimum Gasteiger partial charge on any atom is -0.478 e. The number of ether oxygens (including phenoxy) is 1. The van der Waals surface area contributed by atoms with Gasteiger partial charge in [0.15, 0.2) is 5.90 Å². The Balaban J connectivity index is 2.56. The summed E-state index contributed by atoms with van der Waals surface area (Å²) in [7, 11) is 0. The molecule has 52 valence electrons. The molecule has 1 aliphatic heterocycles. The zero-order valence-corrected chi connectivity index (χ0v) is 6.22. The predicted molar refractivity (Wildman–Crippen MR) is 37.7 cm³/mol. The molecule has 1 aliphatic rings. The van der Waals surface area contributed by atoms with Crippen molar-refractivity contribution in [2.24, 2.45) is 4.99 Å². The molecule has 0 aromatic rings. The van der Waals surface area contributed by atoms with Crippen LogP contribution in [0.25, 0.3) is 0 Å². The topological polar surface area (TPSA) is 21.6 Å². The lowest BCUT2D eigenvalue weighted by Gasteiger charge is -2.22. The Morgan fingerprint density at radius 1 is 1.56 bits per heavy atom. The van der Waals surface area contributed by atoms with E-state index in [9.17, 15) is 0 Å². The second-order valence-corrected chi connectivity index (χ2v) is 2.66. The largest absolute Gasteiger partial charge is 0.478 e. The van der Waals surface area contributed by atoms with Crippen LogP contribution >= 0.6 is 0 Å². The van der Waals surface area contributed by atoms with Crippen LogP contribution in [0.1, 0.15) is 27.2 Å². The highest BCUT2D eigenvalue weighted by atomic mass is 16.5. The van der Waals surface area contributed by atoms with Crippen molar-refractivity contribution in [3.05, 3.63) is 0 Å². The Labute approximate surface area is 55.9 Å². The zero-order valence-electron chi connectivity index (χ0n) is 6.22. The first kappa shape index (κ1) is 6.59. The lowest BCUT2D eigenvalue weighted by atomic mass is 10.1. The molecule has 0 saturated carbocycles. The SMILES string of the molecule is CC1=NC(C)CC(C)O1. The van der Waals surface area contributed by atoms with Gasteiger partial charge in [-0.05, 0) is 13.8 Å². The Bertz CT molecular complexity index is 131. The molecule has 2 nitrogen and oxygen atoms in total. The molecule has 1 rings (SSSR count). The average Bonchev–Trinajstić information content (AvgIpc) is 1.59. The molecule has 0 aliphatic carbocycles. The third-order valence-corrected chi connectivity index (χ3v) is 1.45. The van der Waals surface area contributed by atoms with Gasteiger partial charge in [-0.15, -0.1) is 0 Å². The molecule has 2 heteroatoms. The first-order valence-electron chi connectivity index (χ1n) is 3.39. The molecule has 0 fully saturated rings. The van der Waals surface area contributed by atoms with Crippen molar-refractivity contribution in [2.75, 3.05) is 0 Å². The van der Waals surface area contributed by atoms with Crippen LogP contribution in [0.3, 0.4) is 0 Å². The third-order valence-electron chi connectivity index (χ3n) is 1.45. The van der Waals surface area contributed by atoms with E-state index in [1.165, 1.54) is 0 Å². The second kappa shape index (κ2) is 2.38. The maximum atomic E-state index is 5.31. The van der Waals surface area contributed by atoms with Crippen molar-refractivity contribution in [1.82, 2.24) is 0 Å². The zero-order chi connectivity index (χ0) is 6.85. The molecule has 2 unspecified atom stereocenters. The van der Waals surface area contributed by atoms with Gasteiger partial charge in [0.1, 0.15) is 0 Å². The van der Waals surface area contributed by atoms with Gasteiger partial charge in [0, 0.05) is 13.3 Å². The molecule has 0 amide bonds. The smallest absolute Gasteiger partial charge is 0.180 e. The fraction of sp³-hybridized carbons (Fsp3) is 0.857. The van der Waals surface area contributed by atoms with Gasteiger partial charge < -0.3 is 4.74 Å². The first-order valence-corrected chi connectivity index (χ1v) is 3.39. The van der Waals surface area contributed by atoms with Crippen LogP contribution in [0.4, 0.5) is 0 Å². The van der Waals surface area contributed by atoms with E-state index in [2.05, 4.69) is 18.8 Å². The Hall–Kier alpha value is -0.530. The molecular formula is C7H13NO. The van der Waals surface area contributed by atoms with Crippen LogP contribution in [-0.2, 0) is 4.74 Å². The quantitative estimate of drug-likeness (QED) is 0.484. The summed E-state index contributed by atoms with van der Waals surface area (Å²) in [6.45, 7) is 6.10. The van der Waals surface area contributed by atoms with Gasteiger partial charge in [-0.25, -0.2) is 0 Å². The van der Waals surface area contributed by atoms with Crippen molar-refractivity contribution in [3.8, 4) is 0 Å². The van der Waals surface area contributed by atoms with Gasteiger partial charge in [-0.2, -0.15) is 0 Å².